The molecule has 0 radical (unpaired) electrons. The summed E-state index contributed by atoms with van der Waals surface area (Å²) >= 11 is 0. The highest BCUT2D eigenvalue weighted by Crippen LogP contribution is 2.39. The Labute approximate surface area is 132 Å². The molecule has 0 spiro atoms. The van der Waals surface area contributed by atoms with E-state index in [1.54, 1.807) is 6.20 Å². The largest absolute Gasteiger partial charge is 0.299 e. The Kier molecular flexibility index (Phi) is 3.57. The van der Waals surface area contributed by atoms with Gasteiger partial charge in [0.1, 0.15) is 5.78 Å². The lowest BCUT2D eigenvalue weighted by molar-refractivity contribution is -0.122. The van der Waals surface area contributed by atoms with Crippen LogP contribution in [0.25, 0.3) is 10.9 Å². The van der Waals surface area contributed by atoms with E-state index in [0.717, 1.165) is 42.1 Å². The van der Waals surface area contributed by atoms with Crippen molar-refractivity contribution in [1.29, 1.82) is 0 Å². The number of fused-ring (bicyclic) bond motifs is 3. The smallest absolute Gasteiger partial charge is 0.140 e. The van der Waals surface area contributed by atoms with Crippen molar-refractivity contribution >= 4 is 27.5 Å². The Balaban J connectivity index is 1.56. The highest BCUT2D eigenvalue weighted by Gasteiger charge is 2.42. The van der Waals surface area contributed by atoms with Gasteiger partial charge in [0.15, 0.2) is 0 Å². The molecule has 2 aromatic rings. The third-order valence-corrected chi connectivity index (χ3v) is 7.27. The average Bonchev–Trinajstić information content (AvgIpc) is 2.76. The van der Waals surface area contributed by atoms with E-state index >= 15 is 0 Å². The average molecular weight is 313 g/mol. The lowest BCUT2D eigenvalue weighted by Crippen LogP contribution is -2.32. The van der Waals surface area contributed by atoms with E-state index in [1.807, 2.05) is 30.3 Å². The molecule has 114 valence electrons. The SMILES string of the molecule is O=C(Cc1cccc2cccnc12)C1CC2CCC(C1)S2=O. The minimum absolute atomic E-state index is 0.0918. The van der Waals surface area contributed by atoms with Crippen molar-refractivity contribution in [3.05, 3.63) is 42.1 Å². The Morgan fingerprint density at radius 3 is 2.64 bits per heavy atom. The fraction of sp³-hybridized carbons (Fsp3) is 0.444. The Hall–Kier alpha value is -1.55. The highest BCUT2D eigenvalue weighted by molar-refractivity contribution is 7.86. The van der Waals surface area contributed by atoms with Gasteiger partial charge in [0, 0.05) is 45.2 Å². The van der Waals surface area contributed by atoms with Crippen LogP contribution in [0.4, 0.5) is 0 Å². The van der Waals surface area contributed by atoms with E-state index in [2.05, 4.69) is 4.98 Å². The fourth-order valence-electron chi connectivity index (χ4n) is 3.94. The number of benzene rings is 1. The van der Waals surface area contributed by atoms with E-state index in [4.69, 9.17) is 0 Å². The zero-order chi connectivity index (χ0) is 15.1. The molecule has 2 saturated heterocycles. The number of rotatable bonds is 3. The Morgan fingerprint density at radius 1 is 1.14 bits per heavy atom. The molecule has 22 heavy (non-hydrogen) atoms. The molecule has 0 N–H and O–H groups in total. The molecule has 0 aliphatic carbocycles. The van der Waals surface area contributed by atoms with Gasteiger partial charge in [-0.3, -0.25) is 14.0 Å². The van der Waals surface area contributed by atoms with Gasteiger partial charge >= 0.3 is 0 Å². The maximum Gasteiger partial charge on any atom is 0.140 e. The zero-order valence-electron chi connectivity index (χ0n) is 12.4. The number of para-hydroxylation sites is 1. The van der Waals surface area contributed by atoms with E-state index in [-0.39, 0.29) is 16.4 Å². The van der Waals surface area contributed by atoms with Crippen LogP contribution < -0.4 is 0 Å². The van der Waals surface area contributed by atoms with Crippen molar-refractivity contribution in [2.45, 2.75) is 42.6 Å². The standard InChI is InChI=1S/C18H19NO2S/c20-17(14-9-15-6-7-16(10-14)22(15)21)11-13-4-1-3-12-5-2-8-19-18(12)13/h1-5,8,14-16H,6-7,9-11H2. The van der Waals surface area contributed by atoms with Gasteiger partial charge in [-0.15, -0.1) is 0 Å². The molecule has 2 unspecified atom stereocenters. The third kappa shape index (κ3) is 2.39. The molecule has 1 aromatic carbocycles. The lowest BCUT2D eigenvalue weighted by Gasteiger charge is -2.26. The van der Waals surface area contributed by atoms with Crippen LogP contribution in [-0.2, 0) is 22.0 Å². The van der Waals surface area contributed by atoms with Crippen molar-refractivity contribution in [3.63, 3.8) is 0 Å². The van der Waals surface area contributed by atoms with Gasteiger partial charge in [-0.25, -0.2) is 0 Å². The summed E-state index contributed by atoms with van der Waals surface area (Å²) in [5.41, 5.74) is 1.95. The maximum atomic E-state index is 12.7. The quantitative estimate of drug-likeness (QED) is 0.875. The number of hydrogen-bond acceptors (Lipinski definition) is 3. The first-order chi connectivity index (χ1) is 10.7. The van der Waals surface area contributed by atoms with Crippen LogP contribution in [0.5, 0.6) is 0 Å². The predicted octanol–water partition coefficient (Wildman–Crippen LogP) is 3.04. The minimum Gasteiger partial charge on any atom is -0.299 e. The molecule has 2 fully saturated rings. The summed E-state index contributed by atoms with van der Waals surface area (Å²) in [5.74, 6) is 0.390. The van der Waals surface area contributed by atoms with Crippen molar-refractivity contribution in [1.82, 2.24) is 4.98 Å². The van der Waals surface area contributed by atoms with Crippen molar-refractivity contribution < 1.29 is 9.00 Å². The summed E-state index contributed by atoms with van der Waals surface area (Å²) in [6.45, 7) is 0. The molecule has 4 rings (SSSR count). The van der Waals surface area contributed by atoms with Gasteiger partial charge in [0.25, 0.3) is 0 Å². The van der Waals surface area contributed by atoms with Crippen molar-refractivity contribution in [3.8, 4) is 0 Å². The van der Waals surface area contributed by atoms with Gasteiger partial charge in [-0.2, -0.15) is 0 Å². The van der Waals surface area contributed by atoms with E-state index < -0.39 is 10.8 Å². The summed E-state index contributed by atoms with van der Waals surface area (Å²) in [5, 5.41) is 1.61. The van der Waals surface area contributed by atoms with E-state index in [0.29, 0.717) is 12.2 Å². The molecule has 1 aromatic heterocycles. The molecule has 0 amide bonds. The number of pyridine rings is 1. The van der Waals surface area contributed by atoms with Crippen LogP contribution >= 0.6 is 0 Å². The second-order valence-electron chi connectivity index (χ2n) is 6.45. The van der Waals surface area contributed by atoms with Gasteiger partial charge < -0.3 is 0 Å². The second-order valence-corrected chi connectivity index (χ2v) is 8.44. The number of carbonyl (C=O) groups excluding carboxylic acids is 1. The van der Waals surface area contributed by atoms with Crippen LogP contribution in [0.2, 0.25) is 0 Å². The minimum atomic E-state index is -0.689. The highest BCUT2D eigenvalue weighted by atomic mass is 32.2. The molecule has 3 heterocycles. The molecular weight excluding hydrogens is 294 g/mol. The first kappa shape index (κ1) is 14.1. The van der Waals surface area contributed by atoms with Crippen LogP contribution in [-0.4, -0.2) is 25.5 Å². The molecule has 2 bridgehead atoms. The van der Waals surface area contributed by atoms with E-state index in [1.165, 1.54) is 0 Å². The van der Waals surface area contributed by atoms with E-state index in [9.17, 15) is 9.00 Å². The fourth-order valence-corrected chi connectivity index (χ4v) is 6.06. The maximum absolute atomic E-state index is 12.7. The monoisotopic (exact) mass is 313 g/mol. The Bertz CT molecular complexity index is 736. The number of aromatic nitrogens is 1. The number of nitrogens with zero attached hydrogens (tertiary/aromatic N) is 1. The summed E-state index contributed by atoms with van der Waals surface area (Å²) in [4.78, 5) is 17.1. The molecular formula is C18H19NO2S. The lowest BCUT2D eigenvalue weighted by atomic mass is 9.90. The van der Waals surface area contributed by atoms with Crippen LogP contribution in [0.3, 0.4) is 0 Å². The topological polar surface area (TPSA) is 47.0 Å². The van der Waals surface area contributed by atoms with Crippen LogP contribution in [0.1, 0.15) is 31.2 Å². The summed E-state index contributed by atoms with van der Waals surface area (Å²) in [6.07, 6.45) is 5.94. The molecule has 2 atom stereocenters. The Morgan fingerprint density at radius 2 is 1.86 bits per heavy atom. The summed E-state index contributed by atoms with van der Waals surface area (Å²) in [7, 11) is -0.689. The number of ketones is 1. The number of Topliss-reactive ketones (excluding diaryl/α,β-unsaturated/α-hetero) is 1. The van der Waals surface area contributed by atoms with Gasteiger partial charge in [-0.05, 0) is 37.3 Å². The molecule has 0 saturated carbocycles. The number of carbonyl (C=O) groups is 1. The number of hydrogen-bond donors (Lipinski definition) is 0. The normalized spacial score (nSPS) is 30.5. The molecule has 4 heteroatoms. The van der Waals surface area contributed by atoms with Gasteiger partial charge in [-0.1, -0.05) is 24.3 Å². The first-order valence-corrected chi connectivity index (χ1v) is 9.24. The predicted molar refractivity (Wildman–Crippen MR) is 88.1 cm³/mol. The van der Waals surface area contributed by atoms with Crippen LogP contribution in [0.15, 0.2) is 36.5 Å². The van der Waals surface area contributed by atoms with Crippen molar-refractivity contribution in [2.75, 3.05) is 0 Å². The second kappa shape index (κ2) is 5.58. The van der Waals surface area contributed by atoms with Crippen molar-refractivity contribution in [2.24, 2.45) is 5.92 Å². The molecule has 3 nitrogen and oxygen atoms in total. The first-order valence-electron chi connectivity index (χ1n) is 7.97. The summed E-state index contributed by atoms with van der Waals surface area (Å²) < 4.78 is 12.1. The zero-order valence-corrected chi connectivity index (χ0v) is 13.2. The third-order valence-electron chi connectivity index (χ3n) is 5.10. The van der Waals surface area contributed by atoms with Gasteiger partial charge in [0.05, 0.1) is 5.52 Å². The summed E-state index contributed by atoms with van der Waals surface area (Å²) in [6, 6.07) is 9.97. The molecule has 2 aliphatic rings. The molecule has 2 aliphatic heterocycles. The van der Waals surface area contributed by atoms with Crippen LogP contribution in [0, 0.1) is 5.92 Å². The van der Waals surface area contributed by atoms with Gasteiger partial charge in [0.2, 0.25) is 0 Å².